The molecule has 2 aromatic heterocycles. The van der Waals surface area contributed by atoms with Gasteiger partial charge in [0.25, 0.3) is 0 Å². The van der Waals surface area contributed by atoms with Crippen LogP contribution in [0.1, 0.15) is 37.4 Å². The highest BCUT2D eigenvalue weighted by atomic mass is 79.9. The zero-order valence-electron chi connectivity index (χ0n) is 23.0. The number of aromatic hydroxyl groups is 2. The van der Waals surface area contributed by atoms with Gasteiger partial charge in [0, 0.05) is 43.0 Å². The molecule has 0 saturated carbocycles. The van der Waals surface area contributed by atoms with Gasteiger partial charge in [-0.3, -0.25) is 14.4 Å². The van der Waals surface area contributed by atoms with Crippen molar-refractivity contribution in [1.82, 2.24) is 9.80 Å². The molecule has 0 radical (unpaired) electrons. The molecule has 42 heavy (non-hydrogen) atoms. The molecule has 218 valence electrons. The van der Waals surface area contributed by atoms with E-state index < -0.39 is 11.3 Å². The first kappa shape index (κ1) is 30.4. The summed E-state index contributed by atoms with van der Waals surface area (Å²) >= 11 is 3.11. The maximum atomic E-state index is 12.3. The van der Waals surface area contributed by atoms with Crippen molar-refractivity contribution in [3.05, 3.63) is 83.5 Å². The smallest absolute Gasteiger partial charge is 0.350 e. The largest absolute Gasteiger partial charge is 0.507 e. The number of piperazine rings is 1. The molecule has 1 aliphatic rings. The quantitative estimate of drug-likeness (QED) is 0.191. The number of amides is 1. The van der Waals surface area contributed by atoms with Crippen LogP contribution in [-0.4, -0.2) is 71.7 Å². The Labute approximate surface area is 247 Å². The average molecular weight is 639 g/mol. The number of rotatable bonds is 4. The summed E-state index contributed by atoms with van der Waals surface area (Å²) in [6, 6.07) is 5.95. The topological polar surface area (TPSA) is 159 Å². The SMILES string of the molecule is Cc1c(/C=C/C(=O)N2CCN(C)CC2)c(=O)oc2c(C=O)c(O)ccc12.Cc1c(Br)c(=O)oc2c(C=O)c(O)ccc12. The van der Waals surface area contributed by atoms with Crippen molar-refractivity contribution in [3.63, 3.8) is 0 Å². The second-order valence-electron chi connectivity index (χ2n) is 9.70. The molecule has 0 unspecified atom stereocenters. The second-order valence-corrected chi connectivity index (χ2v) is 10.5. The number of halogens is 1. The number of phenols is 2. The van der Waals surface area contributed by atoms with E-state index in [0.717, 1.165) is 13.1 Å². The van der Waals surface area contributed by atoms with Crippen LogP contribution in [0.2, 0.25) is 0 Å². The standard InChI is InChI=1S/C19H20N2O5.C11H7BrO4/c1-12-13-3-5-16(23)15(11-22)18(13)26-19(25)14(12)4-6-17(24)21-9-7-20(2)8-10-21;1-5-6-2-3-8(14)7(4-13)10(6)16-11(15)9(5)12/h3-6,11,23H,7-10H2,1-2H3;2-4,14H,1H3/b6-4+;. The normalized spacial score (nSPS) is 13.8. The molecular formula is C30H27BrN2O9. The van der Waals surface area contributed by atoms with E-state index in [9.17, 15) is 34.2 Å². The molecule has 11 nitrogen and oxygen atoms in total. The number of hydrogen-bond acceptors (Lipinski definition) is 10. The molecule has 0 aliphatic carbocycles. The second kappa shape index (κ2) is 12.5. The Kier molecular flexibility index (Phi) is 9.08. The number of fused-ring (bicyclic) bond motifs is 2. The first-order valence-corrected chi connectivity index (χ1v) is 13.6. The van der Waals surface area contributed by atoms with Gasteiger partial charge in [-0.1, -0.05) is 0 Å². The highest BCUT2D eigenvalue weighted by Crippen LogP contribution is 2.30. The number of aryl methyl sites for hydroxylation is 2. The first-order valence-electron chi connectivity index (χ1n) is 12.8. The van der Waals surface area contributed by atoms with Crippen LogP contribution in [0.5, 0.6) is 11.5 Å². The minimum atomic E-state index is -0.661. The van der Waals surface area contributed by atoms with E-state index in [1.807, 2.05) is 7.05 Å². The van der Waals surface area contributed by atoms with Gasteiger partial charge in [0.15, 0.2) is 23.7 Å². The molecule has 0 atom stereocenters. The molecule has 1 aliphatic heterocycles. The molecular weight excluding hydrogens is 612 g/mol. The molecule has 0 bridgehead atoms. The summed E-state index contributed by atoms with van der Waals surface area (Å²) in [6.07, 6.45) is 3.74. The Hall–Kier alpha value is -4.55. The maximum absolute atomic E-state index is 12.3. The van der Waals surface area contributed by atoms with Gasteiger partial charge in [0.05, 0.1) is 16.7 Å². The van der Waals surface area contributed by atoms with Crippen molar-refractivity contribution >= 4 is 62.4 Å². The van der Waals surface area contributed by atoms with E-state index >= 15 is 0 Å². The van der Waals surface area contributed by atoms with Gasteiger partial charge in [-0.15, -0.1) is 0 Å². The third-order valence-electron chi connectivity index (χ3n) is 7.12. The van der Waals surface area contributed by atoms with Crippen molar-refractivity contribution < 1.29 is 33.4 Å². The van der Waals surface area contributed by atoms with Crippen LogP contribution >= 0.6 is 15.9 Å². The number of carbonyl (C=O) groups is 3. The van der Waals surface area contributed by atoms with Crippen LogP contribution in [0, 0.1) is 13.8 Å². The van der Waals surface area contributed by atoms with Crippen LogP contribution in [-0.2, 0) is 4.79 Å². The van der Waals surface area contributed by atoms with Gasteiger partial charge < -0.3 is 28.8 Å². The van der Waals surface area contributed by atoms with Gasteiger partial charge in [-0.25, -0.2) is 9.59 Å². The van der Waals surface area contributed by atoms with Crippen molar-refractivity contribution in [2.75, 3.05) is 33.2 Å². The van der Waals surface area contributed by atoms with E-state index in [1.54, 1.807) is 30.9 Å². The maximum Gasteiger partial charge on any atom is 0.350 e. The molecule has 3 heterocycles. The van der Waals surface area contributed by atoms with Crippen molar-refractivity contribution in [2.24, 2.45) is 0 Å². The van der Waals surface area contributed by atoms with Crippen LogP contribution in [0.15, 0.2) is 53.2 Å². The molecule has 5 rings (SSSR count). The predicted octanol–water partition coefficient (Wildman–Crippen LogP) is 3.79. The minimum absolute atomic E-state index is 0.00907. The molecule has 2 N–H and O–H groups in total. The van der Waals surface area contributed by atoms with Crippen molar-refractivity contribution in [3.8, 4) is 11.5 Å². The summed E-state index contributed by atoms with van der Waals surface area (Å²) in [4.78, 5) is 61.9. The molecule has 2 aromatic carbocycles. The molecule has 1 fully saturated rings. The Balaban J connectivity index is 0.000000216. The number of phenolic OH excluding ortho intramolecular Hbond substituents is 2. The van der Waals surface area contributed by atoms with E-state index in [2.05, 4.69) is 20.8 Å². The number of aldehydes is 2. The van der Waals surface area contributed by atoms with Crippen LogP contribution in [0.25, 0.3) is 28.0 Å². The highest BCUT2D eigenvalue weighted by molar-refractivity contribution is 9.10. The van der Waals surface area contributed by atoms with Gasteiger partial charge in [0.1, 0.15) is 16.0 Å². The number of nitrogens with zero attached hydrogens (tertiary/aromatic N) is 2. The molecule has 4 aromatic rings. The lowest BCUT2D eigenvalue weighted by Gasteiger charge is -2.31. The van der Waals surface area contributed by atoms with Gasteiger partial charge in [0.2, 0.25) is 5.91 Å². The van der Waals surface area contributed by atoms with E-state index in [0.29, 0.717) is 52.0 Å². The third kappa shape index (κ3) is 5.90. The lowest BCUT2D eigenvalue weighted by atomic mass is 10.0. The Morgan fingerprint density at radius 1 is 0.810 bits per heavy atom. The number of carbonyl (C=O) groups excluding carboxylic acids is 3. The summed E-state index contributed by atoms with van der Waals surface area (Å²) in [6.45, 7) is 6.36. The molecule has 0 spiro atoms. The first-order chi connectivity index (χ1) is 20.0. The molecule has 1 saturated heterocycles. The van der Waals surface area contributed by atoms with E-state index in [-0.39, 0.29) is 45.3 Å². The number of likely N-dealkylation sites (N-methyl/N-ethyl adjacent to an activating group) is 1. The average Bonchev–Trinajstić information content (AvgIpc) is 2.96. The zero-order valence-corrected chi connectivity index (χ0v) is 24.6. The van der Waals surface area contributed by atoms with Crippen molar-refractivity contribution in [2.45, 2.75) is 13.8 Å². The summed E-state index contributed by atoms with van der Waals surface area (Å²) in [5.74, 6) is -0.604. The fourth-order valence-electron chi connectivity index (χ4n) is 4.55. The van der Waals surface area contributed by atoms with Crippen LogP contribution in [0.3, 0.4) is 0 Å². The van der Waals surface area contributed by atoms with Gasteiger partial charge in [-0.05, 0) is 78.3 Å². The summed E-state index contributed by atoms with van der Waals surface area (Å²) < 4.78 is 10.5. The summed E-state index contributed by atoms with van der Waals surface area (Å²) in [5, 5.41) is 20.3. The monoisotopic (exact) mass is 638 g/mol. The number of benzene rings is 2. The van der Waals surface area contributed by atoms with Crippen molar-refractivity contribution in [1.29, 1.82) is 0 Å². The highest BCUT2D eigenvalue weighted by Gasteiger charge is 2.19. The van der Waals surface area contributed by atoms with Gasteiger partial charge >= 0.3 is 11.3 Å². The fraction of sp³-hybridized carbons (Fsp3) is 0.233. The Bertz CT molecular complexity index is 1870. The molecule has 1 amide bonds. The van der Waals surface area contributed by atoms with Crippen LogP contribution < -0.4 is 11.3 Å². The minimum Gasteiger partial charge on any atom is -0.507 e. The fourth-order valence-corrected chi connectivity index (χ4v) is 4.85. The predicted molar refractivity (Wildman–Crippen MR) is 159 cm³/mol. The molecule has 12 heteroatoms. The Morgan fingerprint density at radius 3 is 1.83 bits per heavy atom. The Morgan fingerprint density at radius 2 is 1.31 bits per heavy atom. The summed E-state index contributed by atoms with van der Waals surface area (Å²) in [7, 11) is 2.01. The van der Waals surface area contributed by atoms with E-state index in [4.69, 9.17) is 8.83 Å². The zero-order chi connectivity index (χ0) is 30.7. The summed E-state index contributed by atoms with van der Waals surface area (Å²) in [5.41, 5.74) is 0.367. The lowest BCUT2D eigenvalue weighted by molar-refractivity contribution is -0.127. The van der Waals surface area contributed by atoms with E-state index in [1.165, 1.54) is 24.3 Å². The third-order valence-corrected chi connectivity index (χ3v) is 8.04. The van der Waals surface area contributed by atoms with Crippen LogP contribution in [0.4, 0.5) is 0 Å². The number of hydrogen-bond donors (Lipinski definition) is 2. The lowest BCUT2D eigenvalue weighted by Crippen LogP contribution is -2.46. The van der Waals surface area contributed by atoms with Gasteiger partial charge in [-0.2, -0.15) is 0 Å².